The molecule has 13 heteroatoms. The van der Waals surface area contributed by atoms with Crippen LogP contribution in [0.4, 0.5) is 5.82 Å². The van der Waals surface area contributed by atoms with Crippen molar-refractivity contribution < 1.29 is 27.6 Å². The molecule has 0 radical (unpaired) electrons. The molecule has 0 bridgehead atoms. The van der Waals surface area contributed by atoms with Crippen LogP contribution in [-0.2, 0) is 38.9 Å². The van der Waals surface area contributed by atoms with Gasteiger partial charge in [-0.3, -0.25) is 14.2 Å². The first-order valence-electron chi connectivity index (χ1n) is 14.9. The van der Waals surface area contributed by atoms with Gasteiger partial charge in [0.05, 0.1) is 24.2 Å². The molecule has 3 aromatic heterocycles. The number of aryl methyl sites for hydroxylation is 3. The molecule has 46 heavy (non-hydrogen) atoms. The molecule has 0 saturated carbocycles. The Morgan fingerprint density at radius 1 is 1.09 bits per heavy atom. The third-order valence-corrected chi connectivity index (χ3v) is 9.82. The number of hydrogen-bond acceptors (Lipinski definition) is 8. The first kappa shape index (κ1) is 32.6. The molecule has 2 aromatic carbocycles. The van der Waals surface area contributed by atoms with Crippen LogP contribution in [0, 0.1) is 20.8 Å². The van der Waals surface area contributed by atoms with Crippen LogP contribution in [0.2, 0.25) is 0 Å². The largest absolute Gasteiger partial charge is 0.481 e. The molecular weight excluding hydrogens is 610 g/mol. The first-order valence-corrected chi connectivity index (χ1v) is 16.4. The van der Waals surface area contributed by atoms with E-state index in [-0.39, 0.29) is 29.6 Å². The van der Waals surface area contributed by atoms with Crippen LogP contribution >= 0.6 is 0 Å². The fraction of sp³-hybridized carbons (Fsp3) is 0.333. The number of sulfonamides is 1. The molecule has 3 heterocycles. The van der Waals surface area contributed by atoms with E-state index >= 15 is 0 Å². The van der Waals surface area contributed by atoms with Gasteiger partial charge in [-0.15, -0.1) is 0 Å². The van der Waals surface area contributed by atoms with Gasteiger partial charge in [-0.25, -0.2) is 17.7 Å². The van der Waals surface area contributed by atoms with Gasteiger partial charge in [-0.1, -0.05) is 48.8 Å². The van der Waals surface area contributed by atoms with Crippen LogP contribution in [0.25, 0.3) is 16.6 Å². The van der Waals surface area contributed by atoms with Gasteiger partial charge >= 0.3 is 5.97 Å². The van der Waals surface area contributed by atoms with Gasteiger partial charge in [0, 0.05) is 41.9 Å². The molecule has 1 N–H and O–H groups in total. The normalized spacial score (nSPS) is 11.8. The van der Waals surface area contributed by atoms with Crippen LogP contribution in [0.15, 0.2) is 68.9 Å². The topological polar surface area (TPSA) is 150 Å². The summed E-state index contributed by atoms with van der Waals surface area (Å²) < 4.78 is 43.6. The van der Waals surface area contributed by atoms with Crippen LogP contribution in [0.3, 0.4) is 0 Å². The zero-order valence-corrected chi connectivity index (χ0v) is 27.3. The molecule has 5 aromatic rings. The Bertz CT molecular complexity index is 2080. The number of carboxylic acid groups (broad SMARTS) is 1. The highest BCUT2D eigenvalue weighted by molar-refractivity contribution is 7.93. The predicted molar refractivity (Wildman–Crippen MR) is 173 cm³/mol. The van der Waals surface area contributed by atoms with Gasteiger partial charge in [0.15, 0.2) is 5.82 Å². The average Bonchev–Trinajstić information content (AvgIpc) is 3.57. The van der Waals surface area contributed by atoms with E-state index in [1.54, 1.807) is 48.1 Å². The second-order valence-corrected chi connectivity index (χ2v) is 13.0. The fourth-order valence-corrected chi connectivity index (χ4v) is 7.10. The van der Waals surface area contributed by atoms with Gasteiger partial charge < -0.3 is 18.9 Å². The molecule has 0 fully saturated rings. The summed E-state index contributed by atoms with van der Waals surface area (Å²) in [4.78, 5) is 30.0. The van der Waals surface area contributed by atoms with Gasteiger partial charge in [-0.2, -0.15) is 0 Å². The Morgan fingerprint density at radius 3 is 2.48 bits per heavy atom. The molecule has 5 rings (SSSR count). The number of ether oxygens (including phenoxy) is 1. The van der Waals surface area contributed by atoms with Crippen molar-refractivity contribution in [2.75, 3.05) is 18.1 Å². The van der Waals surface area contributed by atoms with E-state index in [1.807, 2.05) is 37.4 Å². The monoisotopic (exact) mass is 647 g/mol. The summed E-state index contributed by atoms with van der Waals surface area (Å²) >= 11 is 0. The number of anilines is 1. The van der Waals surface area contributed by atoms with Gasteiger partial charge in [-0.05, 0) is 51.0 Å². The van der Waals surface area contributed by atoms with Crippen molar-refractivity contribution in [1.82, 2.24) is 19.3 Å². The van der Waals surface area contributed by atoms with E-state index in [0.29, 0.717) is 35.0 Å². The summed E-state index contributed by atoms with van der Waals surface area (Å²) in [5, 5.41) is 14.3. The van der Waals surface area contributed by atoms with Gasteiger partial charge in [0.1, 0.15) is 23.2 Å². The summed E-state index contributed by atoms with van der Waals surface area (Å²) in [6, 6.07) is 14.2. The van der Waals surface area contributed by atoms with Crippen molar-refractivity contribution in [2.45, 2.75) is 64.8 Å². The van der Waals surface area contributed by atoms with Crippen molar-refractivity contribution in [2.24, 2.45) is 0 Å². The zero-order chi connectivity index (χ0) is 33.2. The minimum atomic E-state index is -4.22. The maximum Gasteiger partial charge on any atom is 0.308 e. The zero-order valence-electron chi connectivity index (χ0n) is 26.5. The lowest BCUT2D eigenvalue weighted by atomic mass is 10.1. The van der Waals surface area contributed by atoms with Crippen LogP contribution in [0.1, 0.15) is 53.7 Å². The Hall–Kier alpha value is -4.75. The van der Waals surface area contributed by atoms with E-state index in [0.717, 1.165) is 33.6 Å². The Labute approximate surface area is 266 Å². The number of aromatic nitrogens is 4. The van der Waals surface area contributed by atoms with Crippen LogP contribution < -0.4 is 9.86 Å². The Kier molecular flexibility index (Phi) is 9.44. The van der Waals surface area contributed by atoms with E-state index in [1.165, 1.54) is 13.2 Å². The summed E-state index contributed by atoms with van der Waals surface area (Å²) in [6.07, 6.45) is 3.64. The molecule has 242 valence electrons. The van der Waals surface area contributed by atoms with Crippen molar-refractivity contribution in [1.29, 1.82) is 0 Å². The first-order chi connectivity index (χ1) is 22.0. The lowest BCUT2D eigenvalue weighted by Gasteiger charge is -2.23. The van der Waals surface area contributed by atoms with E-state index in [2.05, 4.69) is 10.1 Å². The summed E-state index contributed by atoms with van der Waals surface area (Å²) in [7, 11) is -2.82. The third kappa shape index (κ3) is 6.07. The third-order valence-electron chi connectivity index (χ3n) is 8.06. The second kappa shape index (κ2) is 13.3. The lowest BCUT2D eigenvalue weighted by molar-refractivity contribution is -0.136. The number of para-hydroxylation sites is 2. The smallest absolute Gasteiger partial charge is 0.308 e. The number of carboxylic acids is 1. The molecule has 0 saturated heterocycles. The van der Waals surface area contributed by atoms with E-state index in [4.69, 9.17) is 9.26 Å². The Morgan fingerprint density at radius 2 is 1.80 bits per heavy atom. The average molecular weight is 648 g/mol. The van der Waals surface area contributed by atoms with Gasteiger partial charge in [0.25, 0.3) is 15.6 Å². The number of benzene rings is 2. The summed E-state index contributed by atoms with van der Waals surface area (Å²) in [6.45, 7) is 6.98. The lowest BCUT2D eigenvalue weighted by Crippen LogP contribution is -2.34. The number of rotatable bonds is 13. The second-order valence-electron chi connectivity index (χ2n) is 11.1. The van der Waals surface area contributed by atoms with Gasteiger partial charge in [0.2, 0.25) is 0 Å². The predicted octanol–water partition coefficient (Wildman–Crippen LogP) is 4.92. The highest BCUT2D eigenvalue weighted by Gasteiger charge is 2.32. The molecule has 0 aliphatic heterocycles. The molecule has 0 amide bonds. The van der Waals surface area contributed by atoms with Crippen LogP contribution in [0.5, 0.6) is 0 Å². The molecule has 0 spiro atoms. The quantitative estimate of drug-likeness (QED) is 0.176. The molecule has 0 aliphatic carbocycles. The molecular formula is C33H37N5O7S. The minimum absolute atomic E-state index is 0.0148. The number of aliphatic carboxylic acids is 1. The number of hydrogen-bond donors (Lipinski definition) is 1. The van der Waals surface area contributed by atoms with Crippen molar-refractivity contribution in [3.63, 3.8) is 0 Å². The number of methoxy groups -OCH3 is 1. The van der Waals surface area contributed by atoms with E-state index < -0.39 is 28.0 Å². The Balaban J connectivity index is 1.68. The maximum atomic E-state index is 14.3. The van der Waals surface area contributed by atoms with Crippen molar-refractivity contribution in [3.05, 3.63) is 99.1 Å². The van der Waals surface area contributed by atoms with Crippen LogP contribution in [-0.4, -0.2) is 52.6 Å². The summed E-state index contributed by atoms with van der Waals surface area (Å²) in [5.41, 5.74) is 2.58. The van der Waals surface area contributed by atoms with E-state index in [9.17, 15) is 23.1 Å². The van der Waals surface area contributed by atoms with Crippen molar-refractivity contribution in [3.8, 4) is 5.69 Å². The van der Waals surface area contributed by atoms with Crippen molar-refractivity contribution >= 4 is 32.7 Å². The summed E-state index contributed by atoms with van der Waals surface area (Å²) in [5.74, 6) is 0.0936. The number of unbranched alkanes of at least 4 members (excludes halogenated alkanes) is 1. The minimum Gasteiger partial charge on any atom is -0.481 e. The maximum absolute atomic E-state index is 14.3. The SMILES string of the molecule is CCCCc1nc(C)c(CC(=O)O)c(=O)n1Cc1cn(-c2ccccc2S(=O)(=O)N(COC)c2noc(C)c2C)c2ccccc12. The number of nitrogens with zero attached hydrogens (tertiary/aromatic N) is 5. The molecule has 0 atom stereocenters. The molecule has 0 unspecified atom stereocenters. The standard InChI is InChI=1S/C33H37N5O7S/c1-6-7-16-30-34-22(3)26(17-31(39)40)33(41)37(30)19-24-18-36(27-13-9-8-12-25(24)27)28-14-10-11-15-29(28)46(42,43)38(20-44-5)32-21(2)23(4)45-35-32/h8-15,18H,6-7,16-17,19-20H2,1-5H3,(H,39,40). The number of carbonyl (C=O) groups is 1. The highest BCUT2D eigenvalue weighted by Crippen LogP contribution is 2.33. The number of fused-ring (bicyclic) bond motifs is 1. The fourth-order valence-electron chi connectivity index (χ4n) is 5.54. The highest BCUT2D eigenvalue weighted by atomic mass is 32.2. The molecule has 0 aliphatic rings. The molecule has 12 nitrogen and oxygen atoms in total.